The maximum Gasteiger partial charge on any atom is 0.0724 e. The van der Waals surface area contributed by atoms with Crippen molar-refractivity contribution in [3.8, 4) is 11.8 Å². The molecule has 0 amide bonds. The molecule has 0 saturated carbocycles. The number of aromatic nitrogens is 1. The lowest BCUT2D eigenvalue weighted by Gasteiger charge is -2.18. The van der Waals surface area contributed by atoms with Crippen molar-refractivity contribution >= 4 is 10.8 Å². The van der Waals surface area contributed by atoms with Crippen LogP contribution >= 0.6 is 0 Å². The van der Waals surface area contributed by atoms with Gasteiger partial charge in [-0.1, -0.05) is 44.7 Å². The standard InChI is InChI=1S/C18H19NOS/c1-18(2,3)16-9-6-14(7-10-16)5-8-15-11-12-19-13-17(15)21(4)20/h6-7,9-13H,1-4H3. The van der Waals surface area contributed by atoms with Gasteiger partial charge in [0, 0.05) is 29.8 Å². The molecule has 0 N–H and O–H groups in total. The normalized spacial score (nSPS) is 12.4. The second kappa shape index (κ2) is 6.24. The molecule has 0 saturated heterocycles. The van der Waals surface area contributed by atoms with Gasteiger partial charge in [-0.25, -0.2) is 0 Å². The van der Waals surface area contributed by atoms with Crippen LogP contribution < -0.4 is 0 Å². The summed E-state index contributed by atoms with van der Waals surface area (Å²) in [7, 11) is -1.08. The Morgan fingerprint density at radius 3 is 2.29 bits per heavy atom. The molecule has 3 heteroatoms. The molecule has 2 nitrogen and oxygen atoms in total. The summed E-state index contributed by atoms with van der Waals surface area (Å²) in [5.74, 6) is 6.21. The van der Waals surface area contributed by atoms with E-state index in [1.165, 1.54) is 5.56 Å². The smallest absolute Gasteiger partial charge is 0.0724 e. The molecule has 0 radical (unpaired) electrons. The van der Waals surface area contributed by atoms with Crippen LogP contribution in [0.4, 0.5) is 0 Å². The van der Waals surface area contributed by atoms with Gasteiger partial charge >= 0.3 is 0 Å². The Morgan fingerprint density at radius 1 is 1.05 bits per heavy atom. The maximum atomic E-state index is 11.6. The Balaban J connectivity index is 2.30. The van der Waals surface area contributed by atoms with Crippen LogP contribution in [0.2, 0.25) is 0 Å². The third-order valence-corrected chi connectivity index (χ3v) is 4.13. The summed E-state index contributed by atoms with van der Waals surface area (Å²) in [5.41, 5.74) is 3.15. The van der Waals surface area contributed by atoms with Crippen molar-refractivity contribution in [3.05, 3.63) is 59.4 Å². The number of benzene rings is 1. The first kappa shape index (κ1) is 15.5. The molecule has 1 aromatic carbocycles. The van der Waals surface area contributed by atoms with E-state index in [2.05, 4.69) is 49.7 Å². The highest BCUT2D eigenvalue weighted by Gasteiger charge is 2.12. The Morgan fingerprint density at radius 2 is 1.71 bits per heavy atom. The van der Waals surface area contributed by atoms with E-state index in [0.29, 0.717) is 4.90 Å². The number of rotatable bonds is 1. The number of nitrogens with zero attached hydrogens (tertiary/aromatic N) is 1. The van der Waals surface area contributed by atoms with Crippen LogP contribution in [0.1, 0.15) is 37.5 Å². The fourth-order valence-corrected chi connectivity index (χ4v) is 2.54. The van der Waals surface area contributed by atoms with Gasteiger partial charge in [-0.05, 0) is 29.2 Å². The first-order valence-electron chi connectivity index (χ1n) is 6.78. The summed E-state index contributed by atoms with van der Waals surface area (Å²) in [6.45, 7) is 6.56. The summed E-state index contributed by atoms with van der Waals surface area (Å²) < 4.78 is 11.6. The lowest BCUT2D eigenvalue weighted by molar-refractivity contribution is 0.590. The predicted octanol–water partition coefficient (Wildman–Crippen LogP) is 3.52. The Hall–Kier alpha value is -1.92. The quantitative estimate of drug-likeness (QED) is 0.754. The molecule has 2 rings (SSSR count). The molecule has 0 aliphatic carbocycles. The molecule has 1 unspecified atom stereocenters. The molecule has 0 spiro atoms. The molecular formula is C18H19NOS. The van der Waals surface area contributed by atoms with Crippen LogP contribution in [-0.4, -0.2) is 15.4 Å². The average molecular weight is 297 g/mol. The molecule has 21 heavy (non-hydrogen) atoms. The summed E-state index contributed by atoms with van der Waals surface area (Å²) in [6.07, 6.45) is 4.92. The summed E-state index contributed by atoms with van der Waals surface area (Å²) in [6, 6.07) is 10.1. The van der Waals surface area contributed by atoms with Gasteiger partial charge in [0.2, 0.25) is 0 Å². The fraction of sp³-hybridized carbons (Fsp3) is 0.278. The molecule has 0 fully saturated rings. The van der Waals surface area contributed by atoms with Crippen molar-refractivity contribution in [3.63, 3.8) is 0 Å². The lowest BCUT2D eigenvalue weighted by atomic mass is 9.87. The third kappa shape index (κ3) is 4.03. The zero-order valence-corrected chi connectivity index (χ0v) is 13.6. The number of hydrogen-bond donors (Lipinski definition) is 0. The van der Waals surface area contributed by atoms with Crippen molar-refractivity contribution in [2.75, 3.05) is 6.26 Å². The van der Waals surface area contributed by atoms with E-state index in [9.17, 15) is 4.21 Å². The van der Waals surface area contributed by atoms with Crippen LogP contribution in [-0.2, 0) is 16.2 Å². The van der Waals surface area contributed by atoms with Crippen LogP contribution in [0.5, 0.6) is 0 Å². The number of hydrogen-bond acceptors (Lipinski definition) is 2. The largest absolute Gasteiger partial charge is 0.263 e. The van der Waals surface area contributed by atoms with Gasteiger partial charge in [0.25, 0.3) is 0 Å². The molecule has 0 bridgehead atoms. The highest BCUT2D eigenvalue weighted by atomic mass is 32.2. The molecule has 0 aliphatic rings. The second-order valence-corrected chi connectivity index (χ2v) is 7.25. The monoisotopic (exact) mass is 297 g/mol. The van der Waals surface area contributed by atoms with E-state index in [1.54, 1.807) is 24.7 Å². The first-order valence-corrected chi connectivity index (χ1v) is 8.34. The van der Waals surface area contributed by atoms with E-state index in [-0.39, 0.29) is 5.41 Å². The maximum absolute atomic E-state index is 11.6. The topological polar surface area (TPSA) is 30.0 Å². The highest BCUT2D eigenvalue weighted by molar-refractivity contribution is 7.84. The summed E-state index contributed by atoms with van der Waals surface area (Å²) in [4.78, 5) is 4.68. The van der Waals surface area contributed by atoms with Crippen molar-refractivity contribution in [1.29, 1.82) is 0 Å². The summed E-state index contributed by atoms with van der Waals surface area (Å²) >= 11 is 0. The minimum absolute atomic E-state index is 0.142. The third-order valence-electron chi connectivity index (χ3n) is 3.19. The van der Waals surface area contributed by atoms with E-state index < -0.39 is 10.8 Å². The zero-order valence-electron chi connectivity index (χ0n) is 12.8. The molecule has 1 heterocycles. The van der Waals surface area contributed by atoms with E-state index in [1.807, 2.05) is 12.1 Å². The van der Waals surface area contributed by atoms with Gasteiger partial charge in [-0.15, -0.1) is 0 Å². The van der Waals surface area contributed by atoms with Crippen LogP contribution in [0.25, 0.3) is 0 Å². The van der Waals surface area contributed by atoms with Crippen molar-refractivity contribution in [2.24, 2.45) is 0 Å². The van der Waals surface area contributed by atoms with Gasteiger partial charge in [-0.3, -0.25) is 9.19 Å². The van der Waals surface area contributed by atoms with Gasteiger partial charge in [0.1, 0.15) is 0 Å². The highest BCUT2D eigenvalue weighted by Crippen LogP contribution is 2.22. The van der Waals surface area contributed by atoms with Gasteiger partial charge in [0.05, 0.1) is 15.7 Å². The molecule has 0 aliphatic heterocycles. The van der Waals surface area contributed by atoms with Crippen LogP contribution in [0.3, 0.4) is 0 Å². The van der Waals surface area contributed by atoms with E-state index in [0.717, 1.165) is 11.1 Å². The molecule has 1 atom stereocenters. The second-order valence-electron chi connectivity index (χ2n) is 5.90. The van der Waals surface area contributed by atoms with Gasteiger partial charge in [0.15, 0.2) is 0 Å². The number of pyridine rings is 1. The SMILES string of the molecule is CS(=O)c1cnccc1C#Cc1ccc(C(C)(C)C)cc1. The fourth-order valence-electron chi connectivity index (χ4n) is 1.91. The van der Waals surface area contributed by atoms with E-state index >= 15 is 0 Å². The predicted molar refractivity (Wildman–Crippen MR) is 87.7 cm³/mol. The van der Waals surface area contributed by atoms with Crippen LogP contribution in [0.15, 0.2) is 47.6 Å². The Bertz CT molecular complexity index is 715. The first-order chi connectivity index (χ1) is 9.88. The van der Waals surface area contributed by atoms with Gasteiger partial charge in [-0.2, -0.15) is 0 Å². The Labute approximate surface area is 129 Å². The minimum Gasteiger partial charge on any atom is -0.263 e. The average Bonchev–Trinajstić information content (AvgIpc) is 2.45. The zero-order chi connectivity index (χ0) is 15.5. The van der Waals surface area contributed by atoms with Crippen molar-refractivity contribution in [2.45, 2.75) is 31.1 Å². The minimum atomic E-state index is -1.08. The van der Waals surface area contributed by atoms with E-state index in [4.69, 9.17) is 0 Å². The molecular weight excluding hydrogens is 278 g/mol. The van der Waals surface area contributed by atoms with Crippen LogP contribution in [0, 0.1) is 11.8 Å². The van der Waals surface area contributed by atoms with Crippen molar-refractivity contribution < 1.29 is 4.21 Å². The Kier molecular flexibility index (Phi) is 4.59. The lowest BCUT2D eigenvalue weighted by Crippen LogP contribution is -2.10. The van der Waals surface area contributed by atoms with Gasteiger partial charge < -0.3 is 0 Å². The van der Waals surface area contributed by atoms with Crippen molar-refractivity contribution in [1.82, 2.24) is 4.98 Å². The molecule has 108 valence electrons. The molecule has 2 aromatic rings. The summed E-state index contributed by atoms with van der Waals surface area (Å²) in [5, 5.41) is 0. The molecule has 1 aromatic heterocycles.